The molecule has 0 N–H and O–H groups in total. The summed E-state index contributed by atoms with van der Waals surface area (Å²) in [7, 11) is 0. The molecule has 0 saturated heterocycles. The molecule has 0 saturated carbocycles. The second kappa shape index (κ2) is 36.9. The lowest BCUT2D eigenvalue weighted by molar-refractivity contribution is 1.62. The van der Waals surface area contributed by atoms with Crippen LogP contribution in [0.2, 0.25) is 0 Å². The maximum Gasteiger partial charge on any atom is -0.00197 e. The van der Waals surface area contributed by atoms with E-state index in [0.717, 1.165) is 0 Å². The lowest BCUT2D eigenvalue weighted by Gasteiger charge is -2.21. The molecule has 0 heterocycles. The molecule has 0 unspecified atom stereocenters. The van der Waals surface area contributed by atoms with E-state index in [0.29, 0.717) is 0 Å². The summed E-state index contributed by atoms with van der Waals surface area (Å²) in [5.41, 5.74) is 34.7. The van der Waals surface area contributed by atoms with E-state index in [-0.39, 0.29) is 0 Å². The van der Waals surface area contributed by atoms with Crippen LogP contribution >= 0.6 is 0 Å². The van der Waals surface area contributed by atoms with Gasteiger partial charge in [0.15, 0.2) is 0 Å². The minimum Gasteiger partial charge on any atom is -0.0622 e. The summed E-state index contributed by atoms with van der Waals surface area (Å²) in [6.07, 6.45) is 0. The van der Waals surface area contributed by atoms with Crippen LogP contribution in [0.4, 0.5) is 0 Å². The van der Waals surface area contributed by atoms with Crippen molar-refractivity contribution in [2.45, 2.75) is 0 Å². The molecule has 0 fully saturated rings. The van der Waals surface area contributed by atoms with E-state index in [4.69, 9.17) is 0 Å². The maximum atomic E-state index is 2.42. The van der Waals surface area contributed by atoms with Crippen molar-refractivity contribution in [2.24, 2.45) is 0 Å². The molecule has 0 aliphatic heterocycles. The highest BCUT2D eigenvalue weighted by Crippen LogP contribution is 2.53. The molecule has 644 valence electrons. The Labute approximate surface area is 804 Å². The minimum absolute atomic E-state index is 1.21. The third-order valence-corrected chi connectivity index (χ3v) is 27.8. The average Bonchev–Trinajstić information content (AvgIpc) is 0.726. The highest BCUT2D eigenvalue weighted by molar-refractivity contribution is 6.29. The van der Waals surface area contributed by atoms with Crippen LogP contribution in [-0.2, 0) is 0 Å². The van der Waals surface area contributed by atoms with Crippen LogP contribution in [0.15, 0.2) is 558 Å². The summed E-state index contributed by atoms with van der Waals surface area (Å²) in [4.78, 5) is 0. The molecule has 26 aromatic carbocycles. The van der Waals surface area contributed by atoms with Crippen LogP contribution in [0, 0.1) is 0 Å². The highest BCUT2D eigenvalue weighted by Gasteiger charge is 2.26. The van der Waals surface area contributed by atoms with Crippen molar-refractivity contribution in [3.05, 3.63) is 558 Å². The summed E-state index contributed by atoms with van der Waals surface area (Å²) < 4.78 is 0. The van der Waals surface area contributed by atoms with E-state index in [1.165, 1.54) is 253 Å². The molecule has 0 bridgehead atoms. The van der Waals surface area contributed by atoms with E-state index in [1.54, 1.807) is 0 Å². The predicted octanol–water partition coefficient (Wildman–Crippen LogP) is 38.8. The van der Waals surface area contributed by atoms with Gasteiger partial charge in [-0.3, -0.25) is 0 Å². The zero-order valence-corrected chi connectivity index (χ0v) is 76.1. The van der Waals surface area contributed by atoms with Crippen LogP contribution < -0.4 is 0 Å². The molecule has 0 amide bonds. The minimum atomic E-state index is 1.21. The molecular formula is C138H92. The molecular weight excluding hydrogens is 1660 g/mol. The van der Waals surface area contributed by atoms with Gasteiger partial charge in [-0.05, 0) is 283 Å². The Morgan fingerprint density at radius 2 is 0.217 bits per heavy atom. The Morgan fingerprint density at radius 3 is 0.486 bits per heavy atom. The zero-order valence-electron chi connectivity index (χ0n) is 76.1. The van der Waals surface area contributed by atoms with Gasteiger partial charge in [-0.25, -0.2) is 0 Å². The van der Waals surface area contributed by atoms with Gasteiger partial charge >= 0.3 is 0 Å². The first-order valence-electron chi connectivity index (χ1n) is 47.7. The van der Waals surface area contributed by atoms with Crippen molar-refractivity contribution in [1.29, 1.82) is 0 Å². The van der Waals surface area contributed by atoms with Gasteiger partial charge in [-0.15, -0.1) is 0 Å². The highest BCUT2D eigenvalue weighted by atomic mass is 14.3. The Balaban J connectivity index is 0.000000113. The van der Waals surface area contributed by atoms with E-state index in [1.807, 2.05) is 0 Å². The summed E-state index contributed by atoms with van der Waals surface area (Å²) in [5.74, 6) is 0. The Morgan fingerprint density at radius 1 is 0.0652 bits per heavy atom. The fraction of sp³-hybridized carbons (Fsp3) is 0. The first-order valence-corrected chi connectivity index (χ1v) is 47.7. The molecule has 0 radical (unpaired) electrons. The Hall–Kier alpha value is -17.9. The van der Waals surface area contributed by atoms with Crippen LogP contribution in [-0.4, -0.2) is 0 Å². The van der Waals surface area contributed by atoms with Gasteiger partial charge in [0.2, 0.25) is 0 Å². The monoisotopic (exact) mass is 1750 g/mol. The van der Waals surface area contributed by atoms with Crippen LogP contribution in [0.25, 0.3) is 253 Å². The van der Waals surface area contributed by atoms with Gasteiger partial charge < -0.3 is 0 Å². The fourth-order valence-corrected chi connectivity index (χ4v) is 21.5. The van der Waals surface area contributed by atoms with Gasteiger partial charge in [0.1, 0.15) is 0 Å². The second-order valence-corrected chi connectivity index (χ2v) is 35.7. The van der Waals surface area contributed by atoms with Crippen LogP contribution in [0.5, 0.6) is 0 Å². The first-order chi connectivity index (χ1) is 68.5. The van der Waals surface area contributed by atoms with Crippen LogP contribution in [0.3, 0.4) is 0 Å². The number of hydrogen-bond donors (Lipinski definition) is 0. The summed E-state index contributed by atoms with van der Waals surface area (Å²) >= 11 is 0. The van der Waals surface area contributed by atoms with Crippen molar-refractivity contribution >= 4 is 97.0 Å². The van der Waals surface area contributed by atoms with Crippen LogP contribution in [0.1, 0.15) is 0 Å². The Kier molecular flexibility index (Phi) is 22.2. The summed E-state index contributed by atoms with van der Waals surface area (Å²) in [6.45, 7) is 0. The number of hydrogen-bond acceptors (Lipinski definition) is 0. The van der Waals surface area contributed by atoms with Crippen molar-refractivity contribution in [2.75, 3.05) is 0 Å². The molecule has 0 atom stereocenters. The van der Waals surface area contributed by atoms with Crippen molar-refractivity contribution in [3.8, 4) is 156 Å². The van der Waals surface area contributed by atoms with E-state index < -0.39 is 0 Å². The third kappa shape index (κ3) is 15.6. The molecule has 26 aromatic rings. The molecule has 26 rings (SSSR count). The molecule has 0 spiro atoms. The van der Waals surface area contributed by atoms with Gasteiger partial charge in [-0.2, -0.15) is 0 Å². The molecule has 0 aliphatic rings. The van der Waals surface area contributed by atoms with E-state index in [9.17, 15) is 0 Å². The first kappa shape index (κ1) is 83.2. The van der Waals surface area contributed by atoms with Crippen molar-refractivity contribution in [3.63, 3.8) is 0 Å². The lowest BCUT2D eigenvalue weighted by atomic mass is 9.82. The second-order valence-electron chi connectivity index (χ2n) is 35.7. The smallest absolute Gasteiger partial charge is 0.00197 e. The fourth-order valence-electron chi connectivity index (χ4n) is 21.5. The third-order valence-electron chi connectivity index (χ3n) is 27.8. The molecule has 138 heavy (non-hydrogen) atoms. The van der Waals surface area contributed by atoms with Crippen molar-refractivity contribution in [1.82, 2.24) is 0 Å². The number of rotatable bonds is 14. The van der Waals surface area contributed by atoms with Gasteiger partial charge in [0.05, 0.1) is 0 Å². The van der Waals surface area contributed by atoms with Gasteiger partial charge in [0, 0.05) is 0 Å². The predicted molar refractivity (Wildman–Crippen MR) is 593 cm³/mol. The Bertz CT molecular complexity index is 8920. The van der Waals surface area contributed by atoms with E-state index in [2.05, 4.69) is 558 Å². The summed E-state index contributed by atoms with van der Waals surface area (Å²) in [5, 5.41) is 22.7. The lowest BCUT2D eigenvalue weighted by Crippen LogP contribution is -1.94. The standard InChI is InChI=1S/2C48H32.C42H28/c1-5-15-33(16-6-1)37-27-29-43-45(31-37)48(42-26-14-24-40-39(23-13-25-41(40)42)35-19-9-3-10-20-35)46-32-38(34-17-7-2-8-18-34)28-30-44(46)47(43)36-21-11-4-12-22-36;1-5-15-33(16-6-1)37-26-28-44-45(31-37)47(36-21-11-4-12-22-36)43-27-25-38(34-17-7-2-8-18-34)32-46(43)48(44)42-30-29-39(35-19-9-3-10-20-35)40-23-13-14-24-41(40)42;1-4-14-29(15-5-1)32-24-25-39-40(28-32)42(37-23-13-12-22-36(37)41(39)31-18-8-3-9-19-31)38-27-26-33(30-16-6-2-7-17-30)34-20-10-11-21-35(34)38/h2*1-32H;1-28H. The van der Waals surface area contributed by atoms with Crippen molar-refractivity contribution < 1.29 is 0 Å². The van der Waals surface area contributed by atoms with E-state index >= 15 is 0 Å². The average molecular weight is 1750 g/mol. The largest absolute Gasteiger partial charge is 0.0622 e. The van der Waals surface area contributed by atoms with Gasteiger partial charge in [0.25, 0.3) is 0 Å². The molecule has 0 nitrogen and oxygen atoms in total. The summed E-state index contributed by atoms with van der Waals surface area (Å²) in [6, 6.07) is 203. The quantitative estimate of drug-likeness (QED) is 0.0952. The zero-order chi connectivity index (χ0) is 91.6. The van der Waals surface area contributed by atoms with Gasteiger partial charge in [-0.1, -0.05) is 528 Å². The molecule has 0 aromatic heterocycles. The molecule has 0 heteroatoms. The molecule has 0 aliphatic carbocycles. The number of fused-ring (bicyclic) bond motifs is 9. The topological polar surface area (TPSA) is 0 Å². The maximum absolute atomic E-state index is 2.42. The normalized spacial score (nSPS) is 11.3. The number of benzene rings is 26. The SMILES string of the molecule is c1ccc(-c2ccc3c(-c4ccc(-c5ccccc5)c5ccccc45)c4cc(-c5ccccc5)ccc4c(-c4ccccc4)c3c2)cc1.c1ccc(-c2ccc3c(-c4ccccc4)c4ccc(-c5ccccc5)cc4c(-c4cccc5c(-c6ccccc6)cccc45)c3c2)cc1.c1ccc(-c2ccc3c(-c4ccccc4)c4ccccc4c(-c4ccc(-c5ccccc5)c5ccccc45)c3c2)cc1.